The highest BCUT2D eigenvalue weighted by molar-refractivity contribution is 5.11. The first-order valence-corrected chi connectivity index (χ1v) is 6.97. The molecule has 5 heteroatoms. The van der Waals surface area contributed by atoms with Crippen LogP contribution < -0.4 is 5.32 Å². The van der Waals surface area contributed by atoms with E-state index in [9.17, 15) is 13.2 Å². The lowest BCUT2D eigenvalue weighted by Gasteiger charge is -2.43. The van der Waals surface area contributed by atoms with Crippen molar-refractivity contribution in [2.45, 2.75) is 69.8 Å². The van der Waals surface area contributed by atoms with E-state index in [1.807, 2.05) is 6.92 Å². The van der Waals surface area contributed by atoms with Crippen molar-refractivity contribution in [2.24, 2.45) is 0 Å². The minimum atomic E-state index is -4.06. The van der Waals surface area contributed by atoms with Crippen LogP contribution in [0.15, 0.2) is 0 Å². The highest BCUT2D eigenvalue weighted by Gasteiger charge is 2.67. The zero-order valence-electron chi connectivity index (χ0n) is 11.2. The van der Waals surface area contributed by atoms with E-state index in [0.717, 1.165) is 25.8 Å². The second-order valence-electron chi connectivity index (χ2n) is 5.75. The number of hydrogen-bond acceptors (Lipinski definition) is 2. The Labute approximate surface area is 107 Å². The Hall–Kier alpha value is -0.290. The molecule has 0 bridgehead atoms. The van der Waals surface area contributed by atoms with Gasteiger partial charge in [0.25, 0.3) is 0 Å². The molecule has 2 rings (SSSR count). The molecule has 2 fully saturated rings. The van der Waals surface area contributed by atoms with Crippen LogP contribution in [0.25, 0.3) is 0 Å². The van der Waals surface area contributed by atoms with Gasteiger partial charge in [0.1, 0.15) is 5.54 Å². The lowest BCUT2D eigenvalue weighted by molar-refractivity contribution is -0.205. The van der Waals surface area contributed by atoms with E-state index < -0.39 is 11.7 Å². The lowest BCUT2D eigenvalue weighted by atomic mass is 9.95. The Balaban J connectivity index is 1.94. The Morgan fingerprint density at radius 1 is 1.33 bits per heavy atom. The van der Waals surface area contributed by atoms with Crippen LogP contribution in [0.3, 0.4) is 0 Å². The molecular weight excluding hydrogens is 241 g/mol. The summed E-state index contributed by atoms with van der Waals surface area (Å²) in [6, 6.07) is 0.414. The molecule has 0 aromatic carbocycles. The van der Waals surface area contributed by atoms with E-state index >= 15 is 0 Å². The van der Waals surface area contributed by atoms with Crippen molar-refractivity contribution in [3.8, 4) is 0 Å². The molecule has 0 spiro atoms. The highest BCUT2D eigenvalue weighted by atomic mass is 19.4. The summed E-state index contributed by atoms with van der Waals surface area (Å²) in [6.45, 7) is 5.57. The van der Waals surface area contributed by atoms with Crippen molar-refractivity contribution in [1.29, 1.82) is 0 Å². The molecule has 1 heterocycles. The standard InChI is InChI=1S/C13H23F3N2/c1-3-7-17-11-4-8-18(10(2)9-11)12(5-6-12)13(14,15)16/h10-11,17H,3-9H2,1-2H3. The van der Waals surface area contributed by atoms with Gasteiger partial charge in [0.15, 0.2) is 0 Å². The number of halogens is 3. The second kappa shape index (κ2) is 5.00. The molecule has 1 saturated heterocycles. The van der Waals surface area contributed by atoms with Gasteiger partial charge in [-0.1, -0.05) is 6.92 Å². The van der Waals surface area contributed by atoms with Crippen LogP contribution >= 0.6 is 0 Å². The van der Waals surface area contributed by atoms with Gasteiger partial charge in [0, 0.05) is 18.6 Å². The van der Waals surface area contributed by atoms with Crippen LogP contribution in [0.4, 0.5) is 13.2 Å². The first-order valence-electron chi connectivity index (χ1n) is 6.97. The van der Waals surface area contributed by atoms with Gasteiger partial charge in [-0.05, 0) is 45.6 Å². The fraction of sp³-hybridized carbons (Fsp3) is 1.00. The number of rotatable bonds is 4. The Kier molecular flexibility index (Phi) is 3.93. The van der Waals surface area contributed by atoms with E-state index in [4.69, 9.17) is 0 Å². The van der Waals surface area contributed by atoms with Crippen LogP contribution in [-0.4, -0.2) is 41.8 Å². The van der Waals surface area contributed by atoms with E-state index in [2.05, 4.69) is 12.2 Å². The zero-order chi connectivity index (χ0) is 13.4. The normalized spacial score (nSPS) is 32.5. The Bertz CT molecular complexity index is 286. The van der Waals surface area contributed by atoms with Crippen molar-refractivity contribution < 1.29 is 13.2 Å². The summed E-state index contributed by atoms with van der Waals surface area (Å²) in [6.07, 6.45) is -0.756. The molecule has 2 aliphatic rings. The van der Waals surface area contributed by atoms with Crippen LogP contribution in [0.5, 0.6) is 0 Å². The van der Waals surface area contributed by atoms with Crippen molar-refractivity contribution in [3.05, 3.63) is 0 Å². The number of nitrogens with one attached hydrogen (secondary N) is 1. The average Bonchev–Trinajstić information content (AvgIpc) is 3.06. The van der Waals surface area contributed by atoms with Crippen molar-refractivity contribution >= 4 is 0 Å². The van der Waals surface area contributed by atoms with Gasteiger partial charge in [0.05, 0.1) is 0 Å². The topological polar surface area (TPSA) is 15.3 Å². The van der Waals surface area contributed by atoms with Gasteiger partial charge in [-0.15, -0.1) is 0 Å². The molecule has 2 atom stereocenters. The molecule has 1 aliphatic heterocycles. The third kappa shape index (κ3) is 2.52. The summed E-state index contributed by atoms with van der Waals surface area (Å²) >= 11 is 0. The van der Waals surface area contributed by atoms with Gasteiger partial charge in [0.2, 0.25) is 0 Å². The maximum atomic E-state index is 13.1. The van der Waals surface area contributed by atoms with Gasteiger partial charge in [-0.25, -0.2) is 0 Å². The minimum Gasteiger partial charge on any atom is -0.314 e. The largest absolute Gasteiger partial charge is 0.406 e. The summed E-state index contributed by atoms with van der Waals surface area (Å²) in [5.41, 5.74) is -1.48. The number of alkyl halides is 3. The van der Waals surface area contributed by atoms with E-state index in [1.54, 1.807) is 4.90 Å². The quantitative estimate of drug-likeness (QED) is 0.840. The van der Waals surface area contributed by atoms with E-state index in [1.165, 1.54) is 0 Å². The molecule has 1 N–H and O–H groups in total. The molecule has 1 saturated carbocycles. The SMILES string of the molecule is CCCNC1CCN(C2(C(F)(F)F)CC2)C(C)C1. The third-order valence-corrected chi connectivity index (χ3v) is 4.36. The van der Waals surface area contributed by atoms with Gasteiger partial charge < -0.3 is 5.32 Å². The third-order valence-electron chi connectivity index (χ3n) is 4.36. The lowest BCUT2D eigenvalue weighted by Crippen LogP contribution is -2.57. The Morgan fingerprint density at radius 2 is 2.00 bits per heavy atom. The number of piperidine rings is 1. The summed E-state index contributed by atoms with van der Waals surface area (Å²) in [7, 11) is 0. The molecule has 0 aromatic rings. The summed E-state index contributed by atoms with van der Waals surface area (Å²) < 4.78 is 39.3. The molecule has 2 unspecified atom stereocenters. The van der Waals surface area contributed by atoms with E-state index in [-0.39, 0.29) is 18.9 Å². The van der Waals surface area contributed by atoms with Crippen molar-refractivity contribution in [1.82, 2.24) is 10.2 Å². The van der Waals surface area contributed by atoms with Crippen LogP contribution in [0, 0.1) is 0 Å². The Morgan fingerprint density at radius 3 is 2.44 bits per heavy atom. The smallest absolute Gasteiger partial charge is 0.314 e. The number of likely N-dealkylation sites (tertiary alicyclic amines) is 1. The number of nitrogens with zero attached hydrogens (tertiary/aromatic N) is 1. The maximum Gasteiger partial charge on any atom is 0.406 e. The van der Waals surface area contributed by atoms with Gasteiger partial charge in [-0.3, -0.25) is 4.90 Å². The van der Waals surface area contributed by atoms with Gasteiger partial charge in [-0.2, -0.15) is 13.2 Å². The second-order valence-corrected chi connectivity index (χ2v) is 5.75. The first kappa shape index (κ1) is 14.1. The summed E-state index contributed by atoms with van der Waals surface area (Å²) in [5, 5.41) is 3.42. The highest BCUT2D eigenvalue weighted by Crippen LogP contribution is 2.55. The fourth-order valence-electron chi connectivity index (χ4n) is 3.19. The van der Waals surface area contributed by atoms with E-state index in [0.29, 0.717) is 12.6 Å². The molecule has 18 heavy (non-hydrogen) atoms. The molecule has 0 aromatic heterocycles. The fourth-order valence-corrected chi connectivity index (χ4v) is 3.19. The molecular formula is C13H23F3N2. The first-order chi connectivity index (χ1) is 8.40. The summed E-state index contributed by atoms with van der Waals surface area (Å²) in [5.74, 6) is 0. The number of hydrogen-bond donors (Lipinski definition) is 1. The van der Waals surface area contributed by atoms with Gasteiger partial charge >= 0.3 is 6.18 Å². The summed E-state index contributed by atoms with van der Waals surface area (Å²) in [4.78, 5) is 1.71. The van der Waals surface area contributed by atoms with Crippen LogP contribution in [0.2, 0.25) is 0 Å². The monoisotopic (exact) mass is 264 g/mol. The average molecular weight is 264 g/mol. The molecule has 1 aliphatic carbocycles. The zero-order valence-corrected chi connectivity index (χ0v) is 11.2. The van der Waals surface area contributed by atoms with Crippen molar-refractivity contribution in [3.63, 3.8) is 0 Å². The molecule has 0 amide bonds. The predicted molar refractivity (Wildman–Crippen MR) is 65.5 cm³/mol. The van der Waals surface area contributed by atoms with Crippen LogP contribution in [0.1, 0.15) is 46.0 Å². The molecule has 106 valence electrons. The predicted octanol–water partition coefficient (Wildman–Crippen LogP) is 2.93. The minimum absolute atomic E-state index is 0.0252. The maximum absolute atomic E-state index is 13.1. The van der Waals surface area contributed by atoms with Crippen molar-refractivity contribution in [2.75, 3.05) is 13.1 Å². The molecule has 0 radical (unpaired) electrons. The molecule has 2 nitrogen and oxygen atoms in total. The van der Waals surface area contributed by atoms with Crippen LogP contribution in [-0.2, 0) is 0 Å².